The van der Waals surface area contributed by atoms with Gasteiger partial charge in [0, 0.05) is 12.4 Å². The number of hydrogen-bond acceptors (Lipinski definition) is 3. The van der Waals surface area contributed by atoms with Gasteiger partial charge in [0.1, 0.15) is 0 Å². The summed E-state index contributed by atoms with van der Waals surface area (Å²) in [5.41, 5.74) is 1.78. The Bertz CT molecular complexity index is 321. The first-order valence-electron chi connectivity index (χ1n) is 3.67. The van der Waals surface area contributed by atoms with E-state index in [2.05, 4.69) is 5.32 Å². The van der Waals surface area contributed by atoms with E-state index >= 15 is 0 Å². The monoisotopic (exact) mass is 163 g/mol. The highest BCUT2D eigenvalue weighted by Crippen LogP contribution is 2.24. The van der Waals surface area contributed by atoms with E-state index in [0.29, 0.717) is 0 Å². The molecule has 0 aromatic heterocycles. The summed E-state index contributed by atoms with van der Waals surface area (Å²) in [7, 11) is 0. The Morgan fingerprint density at radius 1 is 1.17 bits per heavy atom. The molecule has 0 aromatic carbocycles. The van der Waals surface area contributed by atoms with Gasteiger partial charge in [-0.25, -0.2) is 0 Å². The second-order valence-corrected chi connectivity index (χ2v) is 2.82. The Kier molecular flexibility index (Phi) is 1.43. The van der Waals surface area contributed by atoms with Crippen molar-refractivity contribution in [3.63, 3.8) is 0 Å². The quantitative estimate of drug-likeness (QED) is 0.446. The lowest BCUT2D eigenvalue weighted by Gasteiger charge is -2.21. The highest BCUT2D eigenvalue weighted by Gasteiger charge is 2.21. The van der Waals surface area contributed by atoms with Gasteiger partial charge < -0.3 is 15.5 Å². The highest BCUT2D eigenvalue weighted by atomic mass is 16.5. The van der Waals surface area contributed by atoms with Gasteiger partial charge in [-0.15, -0.1) is 0 Å². The molecule has 0 unspecified atom stereocenters. The van der Waals surface area contributed by atoms with Crippen molar-refractivity contribution >= 4 is 0 Å². The molecular formula is C9H9NO2. The predicted molar refractivity (Wildman–Crippen MR) is 44.8 cm³/mol. The fraction of sp³-hybridized carbons (Fsp3) is 0.111. The molecule has 3 nitrogen and oxygen atoms in total. The highest BCUT2D eigenvalue weighted by molar-refractivity contribution is 5.52. The first-order valence-corrected chi connectivity index (χ1v) is 3.67. The van der Waals surface area contributed by atoms with E-state index in [1.807, 2.05) is 0 Å². The van der Waals surface area contributed by atoms with E-state index in [-0.39, 0.29) is 0 Å². The minimum absolute atomic E-state index is 0.821. The molecule has 3 heteroatoms. The second-order valence-electron chi connectivity index (χ2n) is 2.82. The molecule has 0 bridgehead atoms. The molecule has 1 heterocycles. The van der Waals surface area contributed by atoms with Crippen molar-refractivity contribution in [2.45, 2.75) is 5.79 Å². The minimum Gasteiger partial charge on any atom is -0.367 e. The standard InChI is InChI=1S/C9H9NO2/c11-9(12)3-1-8-6-10-4-2-7(8)5-9/h1-6,10-12H. The van der Waals surface area contributed by atoms with Crippen molar-refractivity contribution < 1.29 is 10.2 Å². The van der Waals surface area contributed by atoms with E-state index in [4.69, 9.17) is 0 Å². The molecule has 0 radical (unpaired) electrons. The van der Waals surface area contributed by atoms with Gasteiger partial charge in [-0.05, 0) is 29.4 Å². The zero-order valence-electron chi connectivity index (χ0n) is 6.36. The average molecular weight is 163 g/mol. The number of dihydropyridines is 1. The van der Waals surface area contributed by atoms with Gasteiger partial charge in [0.2, 0.25) is 5.79 Å². The molecule has 0 fully saturated rings. The van der Waals surface area contributed by atoms with E-state index in [1.54, 1.807) is 24.6 Å². The Balaban J connectivity index is 2.41. The maximum absolute atomic E-state index is 9.22. The zero-order chi connectivity index (χ0) is 8.60. The van der Waals surface area contributed by atoms with Gasteiger partial charge >= 0.3 is 0 Å². The van der Waals surface area contributed by atoms with Crippen LogP contribution in [0.15, 0.2) is 47.9 Å². The van der Waals surface area contributed by atoms with E-state index in [0.717, 1.165) is 11.1 Å². The molecule has 0 aromatic rings. The van der Waals surface area contributed by atoms with E-state index in [1.165, 1.54) is 12.2 Å². The molecule has 0 spiro atoms. The summed E-state index contributed by atoms with van der Waals surface area (Å²) < 4.78 is 0. The Hall–Kier alpha value is -1.32. The molecule has 1 aliphatic carbocycles. The Morgan fingerprint density at radius 3 is 2.83 bits per heavy atom. The van der Waals surface area contributed by atoms with Crippen LogP contribution in [0.1, 0.15) is 0 Å². The van der Waals surface area contributed by atoms with Gasteiger partial charge in [-0.2, -0.15) is 0 Å². The van der Waals surface area contributed by atoms with Crippen LogP contribution in [0.25, 0.3) is 0 Å². The van der Waals surface area contributed by atoms with Gasteiger partial charge in [0.05, 0.1) is 0 Å². The van der Waals surface area contributed by atoms with Gasteiger partial charge in [-0.1, -0.05) is 6.08 Å². The summed E-state index contributed by atoms with van der Waals surface area (Å²) in [4.78, 5) is 0. The third-order valence-electron chi connectivity index (χ3n) is 1.81. The second kappa shape index (κ2) is 2.33. The van der Waals surface area contributed by atoms with Crippen molar-refractivity contribution in [1.29, 1.82) is 0 Å². The first kappa shape index (κ1) is 7.34. The summed E-state index contributed by atoms with van der Waals surface area (Å²) in [6, 6.07) is 0. The molecule has 0 amide bonds. The predicted octanol–water partition coefficient (Wildman–Crippen LogP) is 0.164. The lowest BCUT2D eigenvalue weighted by molar-refractivity contribution is -0.0751. The molecule has 12 heavy (non-hydrogen) atoms. The first-order chi connectivity index (χ1) is 5.67. The summed E-state index contributed by atoms with van der Waals surface area (Å²) in [6.07, 6.45) is 9.74. The minimum atomic E-state index is -1.80. The molecule has 0 saturated carbocycles. The van der Waals surface area contributed by atoms with Crippen molar-refractivity contribution in [3.8, 4) is 0 Å². The van der Waals surface area contributed by atoms with Crippen LogP contribution in [0.3, 0.4) is 0 Å². The number of fused-ring (bicyclic) bond motifs is 1. The van der Waals surface area contributed by atoms with Crippen molar-refractivity contribution in [3.05, 3.63) is 47.9 Å². The third kappa shape index (κ3) is 1.20. The number of nitrogens with one attached hydrogen (secondary N) is 1. The maximum atomic E-state index is 9.22. The summed E-state index contributed by atoms with van der Waals surface area (Å²) in [5, 5.41) is 21.4. The van der Waals surface area contributed by atoms with Crippen LogP contribution in [0.5, 0.6) is 0 Å². The summed E-state index contributed by atoms with van der Waals surface area (Å²) >= 11 is 0. The number of aliphatic hydroxyl groups is 2. The SMILES string of the molecule is OC1(O)C=CC2=CNC=CC2=C1. The lowest BCUT2D eigenvalue weighted by Crippen LogP contribution is -2.25. The molecule has 0 atom stereocenters. The van der Waals surface area contributed by atoms with Crippen molar-refractivity contribution in [1.82, 2.24) is 5.32 Å². The molecule has 62 valence electrons. The lowest BCUT2D eigenvalue weighted by atomic mass is 9.96. The third-order valence-corrected chi connectivity index (χ3v) is 1.81. The average Bonchev–Trinajstić information content (AvgIpc) is 2.02. The van der Waals surface area contributed by atoms with Crippen molar-refractivity contribution in [2.24, 2.45) is 0 Å². The molecular weight excluding hydrogens is 154 g/mol. The van der Waals surface area contributed by atoms with Crippen LogP contribution in [-0.2, 0) is 0 Å². The van der Waals surface area contributed by atoms with E-state index in [9.17, 15) is 10.2 Å². The summed E-state index contributed by atoms with van der Waals surface area (Å²) in [6.45, 7) is 0. The van der Waals surface area contributed by atoms with Crippen LogP contribution in [0.4, 0.5) is 0 Å². The Labute approximate surface area is 70.0 Å². The smallest absolute Gasteiger partial charge is 0.204 e. The van der Waals surface area contributed by atoms with Crippen molar-refractivity contribution in [2.75, 3.05) is 0 Å². The van der Waals surface area contributed by atoms with Gasteiger partial charge in [0.15, 0.2) is 0 Å². The van der Waals surface area contributed by atoms with Crippen LogP contribution in [-0.4, -0.2) is 16.0 Å². The fourth-order valence-corrected chi connectivity index (χ4v) is 1.22. The van der Waals surface area contributed by atoms with Crippen LogP contribution >= 0.6 is 0 Å². The normalized spacial score (nSPS) is 23.8. The fourth-order valence-electron chi connectivity index (χ4n) is 1.22. The van der Waals surface area contributed by atoms with E-state index < -0.39 is 5.79 Å². The maximum Gasteiger partial charge on any atom is 0.204 e. The van der Waals surface area contributed by atoms with Crippen LogP contribution < -0.4 is 5.32 Å². The van der Waals surface area contributed by atoms with Gasteiger partial charge in [-0.3, -0.25) is 0 Å². The Morgan fingerprint density at radius 2 is 2.00 bits per heavy atom. The molecule has 0 saturated heterocycles. The van der Waals surface area contributed by atoms with Crippen LogP contribution in [0, 0.1) is 0 Å². The number of allylic oxidation sites excluding steroid dienone is 4. The van der Waals surface area contributed by atoms with Gasteiger partial charge in [0.25, 0.3) is 0 Å². The molecule has 2 aliphatic rings. The largest absolute Gasteiger partial charge is 0.367 e. The molecule has 1 aliphatic heterocycles. The van der Waals surface area contributed by atoms with Crippen LogP contribution in [0.2, 0.25) is 0 Å². The molecule has 2 rings (SSSR count). The topological polar surface area (TPSA) is 52.5 Å². The zero-order valence-corrected chi connectivity index (χ0v) is 6.36. The molecule has 3 N–H and O–H groups in total. The number of hydrogen-bond donors (Lipinski definition) is 3. The number of rotatable bonds is 0. The summed E-state index contributed by atoms with van der Waals surface area (Å²) in [5.74, 6) is -1.80.